The molecule has 0 atom stereocenters. The Morgan fingerprint density at radius 1 is 1.50 bits per heavy atom. The van der Waals surface area contributed by atoms with Crippen molar-refractivity contribution in [3.05, 3.63) is 33.8 Å². The predicted octanol–water partition coefficient (Wildman–Crippen LogP) is 2.74. The summed E-state index contributed by atoms with van der Waals surface area (Å²) in [4.78, 5) is 14.3. The molecule has 0 heterocycles. The van der Waals surface area contributed by atoms with Gasteiger partial charge in [-0.05, 0) is 48.8 Å². The molecule has 0 aliphatic heterocycles. The number of nitrogens with zero attached hydrogens (tertiary/aromatic N) is 2. The van der Waals surface area contributed by atoms with Gasteiger partial charge in [0.1, 0.15) is 5.84 Å². The molecule has 1 aromatic rings. The van der Waals surface area contributed by atoms with Crippen molar-refractivity contribution in [1.82, 2.24) is 4.90 Å². The average molecular weight is 342 g/mol. The second kappa shape index (κ2) is 7.28. The molecule has 3 N–H and O–H groups in total. The summed E-state index contributed by atoms with van der Waals surface area (Å²) in [6.07, 6.45) is 0.337. The Balaban J connectivity index is 2.97. The fourth-order valence-corrected chi connectivity index (χ4v) is 2.25. The van der Waals surface area contributed by atoms with Crippen molar-refractivity contribution in [2.75, 3.05) is 6.54 Å². The summed E-state index contributed by atoms with van der Waals surface area (Å²) >= 11 is 3.41. The van der Waals surface area contributed by atoms with Crippen LogP contribution in [0.15, 0.2) is 27.8 Å². The molecule has 6 heteroatoms. The zero-order valence-electron chi connectivity index (χ0n) is 11.9. The van der Waals surface area contributed by atoms with Crippen LogP contribution in [0.2, 0.25) is 0 Å². The maximum absolute atomic E-state index is 12.6. The van der Waals surface area contributed by atoms with Gasteiger partial charge in [-0.2, -0.15) is 0 Å². The number of hydrogen-bond donors (Lipinski definition) is 2. The molecule has 0 unspecified atom stereocenters. The van der Waals surface area contributed by atoms with Crippen LogP contribution in [0.1, 0.15) is 36.2 Å². The quantitative estimate of drug-likeness (QED) is 0.374. The Morgan fingerprint density at radius 3 is 2.70 bits per heavy atom. The van der Waals surface area contributed by atoms with Gasteiger partial charge < -0.3 is 15.8 Å². The second-order valence-electron chi connectivity index (χ2n) is 4.92. The van der Waals surface area contributed by atoms with Gasteiger partial charge in [-0.1, -0.05) is 16.8 Å². The molecule has 0 fully saturated rings. The van der Waals surface area contributed by atoms with Gasteiger partial charge in [-0.3, -0.25) is 4.79 Å². The third-order valence-electron chi connectivity index (χ3n) is 2.97. The molecule has 0 aliphatic rings. The predicted molar refractivity (Wildman–Crippen MR) is 83.1 cm³/mol. The highest BCUT2D eigenvalue weighted by Crippen LogP contribution is 2.21. The highest BCUT2D eigenvalue weighted by atomic mass is 79.9. The van der Waals surface area contributed by atoms with Crippen LogP contribution >= 0.6 is 15.9 Å². The molecule has 0 saturated heterocycles. The summed E-state index contributed by atoms with van der Waals surface area (Å²) in [6.45, 7) is 6.23. The number of oxime groups is 1. The normalized spacial score (nSPS) is 11.8. The number of benzene rings is 1. The minimum atomic E-state index is -0.0682. The molecule has 20 heavy (non-hydrogen) atoms. The van der Waals surface area contributed by atoms with E-state index in [-0.39, 0.29) is 17.8 Å². The van der Waals surface area contributed by atoms with Crippen LogP contribution in [0.3, 0.4) is 0 Å². The zero-order chi connectivity index (χ0) is 15.3. The van der Waals surface area contributed by atoms with Crippen molar-refractivity contribution in [2.24, 2.45) is 10.9 Å². The molecule has 1 aromatic carbocycles. The first-order valence-electron chi connectivity index (χ1n) is 6.40. The Bertz CT molecular complexity index is 515. The van der Waals surface area contributed by atoms with Crippen molar-refractivity contribution in [3.63, 3.8) is 0 Å². The standard InChI is InChI=1S/C14H20BrN3O2/c1-9(2)18(7-6-13(16)17-20)14(19)11-8-10(3)4-5-12(11)15/h4-5,8-9,20H,6-7H2,1-3H3,(H2,16,17). The number of amidine groups is 1. The number of carbonyl (C=O) groups is 1. The lowest BCUT2D eigenvalue weighted by Crippen LogP contribution is -2.39. The van der Waals surface area contributed by atoms with Crippen molar-refractivity contribution in [2.45, 2.75) is 33.2 Å². The third kappa shape index (κ3) is 4.23. The highest BCUT2D eigenvalue weighted by molar-refractivity contribution is 9.10. The first-order valence-corrected chi connectivity index (χ1v) is 7.19. The lowest BCUT2D eigenvalue weighted by Gasteiger charge is -2.27. The summed E-state index contributed by atoms with van der Waals surface area (Å²) in [5.74, 6) is 0.0491. The smallest absolute Gasteiger partial charge is 0.255 e. The van der Waals surface area contributed by atoms with Gasteiger partial charge in [-0.15, -0.1) is 0 Å². The average Bonchev–Trinajstić information content (AvgIpc) is 2.40. The molecular formula is C14H20BrN3O2. The van der Waals surface area contributed by atoms with Crippen LogP contribution in [0.5, 0.6) is 0 Å². The summed E-state index contributed by atoms with van der Waals surface area (Å²) in [6, 6.07) is 5.69. The summed E-state index contributed by atoms with van der Waals surface area (Å²) in [7, 11) is 0. The third-order valence-corrected chi connectivity index (χ3v) is 3.67. The molecule has 1 amide bonds. The van der Waals surface area contributed by atoms with Crippen LogP contribution in [0.25, 0.3) is 0 Å². The van der Waals surface area contributed by atoms with Crippen LogP contribution < -0.4 is 5.73 Å². The molecule has 0 saturated carbocycles. The van der Waals surface area contributed by atoms with Crippen molar-refractivity contribution in [3.8, 4) is 0 Å². The minimum absolute atomic E-state index is 0.0291. The molecule has 1 rings (SSSR count). The van der Waals surface area contributed by atoms with Gasteiger partial charge in [0.2, 0.25) is 0 Å². The fraction of sp³-hybridized carbons (Fsp3) is 0.429. The van der Waals surface area contributed by atoms with Crippen molar-refractivity contribution < 1.29 is 10.0 Å². The van der Waals surface area contributed by atoms with Gasteiger partial charge in [0, 0.05) is 23.5 Å². The number of rotatable bonds is 5. The van der Waals surface area contributed by atoms with Crippen molar-refractivity contribution >= 4 is 27.7 Å². The number of nitrogens with two attached hydrogens (primary N) is 1. The molecule has 0 aromatic heterocycles. The van der Waals surface area contributed by atoms with Crippen LogP contribution in [0, 0.1) is 6.92 Å². The molecule has 0 aliphatic carbocycles. The Morgan fingerprint density at radius 2 is 2.15 bits per heavy atom. The maximum atomic E-state index is 12.6. The number of hydrogen-bond acceptors (Lipinski definition) is 3. The first kappa shape index (κ1) is 16.5. The van der Waals surface area contributed by atoms with Crippen molar-refractivity contribution in [1.29, 1.82) is 0 Å². The number of aryl methyl sites for hydroxylation is 1. The fourth-order valence-electron chi connectivity index (χ4n) is 1.84. The van der Waals surface area contributed by atoms with Gasteiger partial charge >= 0.3 is 0 Å². The van der Waals surface area contributed by atoms with Gasteiger partial charge in [-0.25, -0.2) is 0 Å². The van der Waals surface area contributed by atoms with E-state index in [1.54, 1.807) is 4.90 Å². The van der Waals surface area contributed by atoms with Gasteiger partial charge in [0.05, 0.1) is 5.56 Å². The number of carbonyl (C=O) groups excluding carboxylic acids is 1. The van der Waals surface area contributed by atoms with E-state index in [9.17, 15) is 4.79 Å². The van der Waals surface area contributed by atoms with E-state index in [0.29, 0.717) is 18.5 Å². The van der Waals surface area contributed by atoms with E-state index < -0.39 is 0 Å². The number of amides is 1. The zero-order valence-corrected chi connectivity index (χ0v) is 13.5. The van der Waals surface area contributed by atoms with Crippen LogP contribution in [-0.2, 0) is 0 Å². The Hall–Kier alpha value is -1.56. The van der Waals surface area contributed by atoms with E-state index in [4.69, 9.17) is 10.9 Å². The molecule has 0 bridgehead atoms. The molecule has 5 nitrogen and oxygen atoms in total. The largest absolute Gasteiger partial charge is 0.409 e. The Kier molecular flexibility index (Phi) is 6.01. The molecule has 110 valence electrons. The van der Waals surface area contributed by atoms with E-state index in [0.717, 1.165) is 10.0 Å². The topological polar surface area (TPSA) is 78.9 Å². The monoisotopic (exact) mass is 341 g/mol. The van der Waals surface area contributed by atoms with Gasteiger partial charge in [0.15, 0.2) is 0 Å². The molecule has 0 spiro atoms. The van der Waals surface area contributed by atoms with E-state index in [1.165, 1.54) is 0 Å². The van der Waals surface area contributed by atoms with Gasteiger partial charge in [0.25, 0.3) is 5.91 Å². The molecular weight excluding hydrogens is 322 g/mol. The summed E-state index contributed by atoms with van der Waals surface area (Å²) in [5.41, 5.74) is 7.12. The summed E-state index contributed by atoms with van der Waals surface area (Å²) in [5, 5.41) is 11.5. The van der Waals surface area contributed by atoms with E-state index in [1.807, 2.05) is 39.0 Å². The second-order valence-corrected chi connectivity index (χ2v) is 5.77. The number of halogens is 1. The lowest BCUT2D eigenvalue weighted by atomic mass is 10.1. The maximum Gasteiger partial charge on any atom is 0.255 e. The minimum Gasteiger partial charge on any atom is -0.409 e. The van der Waals surface area contributed by atoms with Crippen LogP contribution in [0.4, 0.5) is 0 Å². The van der Waals surface area contributed by atoms with Crippen LogP contribution in [-0.4, -0.2) is 34.4 Å². The SMILES string of the molecule is Cc1ccc(Br)c(C(=O)N(CC/C(N)=N/O)C(C)C)c1. The van der Waals surface area contributed by atoms with E-state index >= 15 is 0 Å². The highest BCUT2D eigenvalue weighted by Gasteiger charge is 2.21. The summed E-state index contributed by atoms with van der Waals surface area (Å²) < 4.78 is 0.766. The first-order chi connectivity index (χ1) is 9.36. The Labute approximate surface area is 127 Å². The van der Waals surface area contributed by atoms with E-state index in [2.05, 4.69) is 21.1 Å². The molecule has 0 radical (unpaired) electrons. The lowest BCUT2D eigenvalue weighted by molar-refractivity contribution is 0.0710.